The van der Waals surface area contributed by atoms with Crippen molar-refractivity contribution in [1.82, 2.24) is 4.98 Å². The van der Waals surface area contributed by atoms with E-state index in [4.69, 9.17) is 5.11 Å². The van der Waals surface area contributed by atoms with Crippen molar-refractivity contribution in [1.29, 1.82) is 0 Å². The van der Waals surface area contributed by atoms with Crippen LogP contribution in [0.2, 0.25) is 0 Å². The second-order valence-electron chi connectivity index (χ2n) is 5.25. The molecule has 1 fully saturated rings. The Labute approximate surface area is 156 Å². The van der Waals surface area contributed by atoms with E-state index in [2.05, 4.69) is 34.6 Å². The maximum absolute atomic E-state index is 10.2. The second-order valence-corrected chi connectivity index (χ2v) is 8.40. The summed E-state index contributed by atoms with van der Waals surface area (Å²) in [6.07, 6.45) is 5.72. The van der Waals surface area contributed by atoms with Crippen LogP contribution in [0.1, 0.15) is 37.0 Å². The molecule has 0 bridgehead atoms. The minimum Gasteiger partial charge on any atom is -0.478 e. The lowest BCUT2D eigenvalue weighted by molar-refractivity contribution is 0.0696. The third-order valence-corrected chi connectivity index (χ3v) is 7.33. The Morgan fingerprint density at radius 3 is 2.44 bits per heavy atom. The summed E-state index contributed by atoms with van der Waals surface area (Å²) in [6.45, 7) is 4.00. The van der Waals surface area contributed by atoms with Gasteiger partial charge in [-0.1, -0.05) is 26.0 Å². The number of fused-ring (bicyclic) bond motifs is 1. The summed E-state index contributed by atoms with van der Waals surface area (Å²) in [6, 6.07) is 11.9. The third kappa shape index (κ3) is 5.31. The van der Waals surface area contributed by atoms with Gasteiger partial charge >= 0.3 is 5.97 Å². The predicted octanol–water partition coefficient (Wildman–Crippen LogP) is 5.48. The van der Waals surface area contributed by atoms with Crippen LogP contribution in [0.15, 0.2) is 59.1 Å². The highest BCUT2D eigenvalue weighted by molar-refractivity contribution is 7.97. The Bertz CT molecular complexity index is 781. The zero-order valence-electron chi connectivity index (χ0n) is 14.6. The molecule has 1 aromatic carbocycles. The number of benzene rings is 1. The van der Waals surface area contributed by atoms with Crippen LogP contribution in [0.3, 0.4) is 0 Å². The smallest absolute Gasteiger partial charge is 0.337 e. The SMILES string of the molecule is CC.O=C(O)c1cccnc1.c1ccc2c([S+]3CCCC3)csc2c1. The number of carboxylic acids is 1. The molecule has 25 heavy (non-hydrogen) atoms. The first-order valence-corrected chi connectivity index (χ1v) is 11.0. The first kappa shape index (κ1) is 19.5. The molecule has 0 spiro atoms. The molecule has 0 radical (unpaired) electrons. The zero-order valence-corrected chi connectivity index (χ0v) is 16.3. The number of pyridine rings is 1. The molecule has 132 valence electrons. The van der Waals surface area contributed by atoms with Crippen molar-refractivity contribution in [3.05, 3.63) is 59.7 Å². The molecule has 0 amide bonds. The minimum atomic E-state index is -0.942. The molecule has 0 saturated carbocycles. The highest BCUT2D eigenvalue weighted by Crippen LogP contribution is 2.33. The highest BCUT2D eigenvalue weighted by Gasteiger charge is 2.29. The number of aromatic carboxylic acids is 1. The van der Waals surface area contributed by atoms with Crippen LogP contribution >= 0.6 is 11.3 Å². The van der Waals surface area contributed by atoms with Gasteiger partial charge in [-0.05, 0) is 37.1 Å². The molecule has 4 rings (SSSR count). The fraction of sp³-hybridized carbons (Fsp3) is 0.300. The average Bonchev–Trinajstić information content (AvgIpc) is 3.34. The summed E-state index contributed by atoms with van der Waals surface area (Å²) in [7, 11) is 0.576. The molecule has 3 nitrogen and oxygen atoms in total. The van der Waals surface area contributed by atoms with E-state index in [1.165, 1.54) is 52.9 Å². The fourth-order valence-corrected chi connectivity index (χ4v) is 6.36. The first-order valence-electron chi connectivity index (χ1n) is 8.53. The van der Waals surface area contributed by atoms with Crippen molar-refractivity contribution in [2.75, 3.05) is 11.5 Å². The molecule has 3 aromatic rings. The van der Waals surface area contributed by atoms with Crippen molar-refractivity contribution in [3.63, 3.8) is 0 Å². The zero-order chi connectivity index (χ0) is 18.1. The number of carbonyl (C=O) groups is 1. The van der Waals surface area contributed by atoms with Gasteiger partial charge in [0, 0.05) is 38.8 Å². The molecular formula is C20H24NO2S2+. The standard InChI is InChI=1S/C12H13S2.C6H5NO2.C2H6/c1-2-6-11-10(5-1)12(9-13-11)14-7-3-4-8-14;8-6(9)5-2-1-3-7-4-5;1-2/h1-2,5-6,9H,3-4,7-8H2;1-4H,(H,8,9);1-2H3/q+1;;. The molecule has 0 unspecified atom stereocenters. The Balaban J connectivity index is 0.000000179. The minimum absolute atomic E-state index is 0.220. The van der Waals surface area contributed by atoms with E-state index >= 15 is 0 Å². The van der Waals surface area contributed by atoms with Gasteiger partial charge in [-0.3, -0.25) is 4.98 Å². The lowest BCUT2D eigenvalue weighted by Gasteiger charge is -1.97. The Kier molecular flexibility index (Phi) is 7.95. The number of rotatable bonds is 2. The Hall–Kier alpha value is -1.85. The van der Waals surface area contributed by atoms with Crippen molar-refractivity contribution in [2.24, 2.45) is 0 Å². The summed E-state index contributed by atoms with van der Waals surface area (Å²) in [5, 5.41) is 12.2. The molecule has 3 heterocycles. The topological polar surface area (TPSA) is 50.2 Å². The molecule has 5 heteroatoms. The quantitative estimate of drug-likeness (QED) is 0.604. The molecule has 1 aliphatic heterocycles. The number of nitrogens with zero attached hydrogens (tertiary/aromatic N) is 1. The number of carboxylic acid groups (broad SMARTS) is 1. The first-order chi connectivity index (χ1) is 12.3. The number of hydrogen-bond acceptors (Lipinski definition) is 3. The van der Waals surface area contributed by atoms with Gasteiger partial charge in [0.05, 0.1) is 5.56 Å². The van der Waals surface area contributed by atoms with Gasteiger partial charge in [-0.15, -0.1) is 11.3 Å². The van der Waals surface area contributed by atoms with E-state index in [-0.39, 0.29) is 5.56 Å². The number of aromatic nitrogens is 1. The predicted molar refractivity (Wildman–Crippen MR) is 109 cm³/mol. The monoisotopic (exact) mass is 374 g/mol. The van der Waals surface area contributed by atoms with Crippen molar-refractivity contribution < 1.29 is 9.90 Å². The van der Waals surface area contributed by atoms with Gasteiger partial charge in [-0.2, -0.15) is 0 Å². The van der Waals surface area contributed by atoms with Crippen LogP contribution in [0.4, 0.5) is 0 Å². The van der Waals surface area contributed by atoms with E-state index in [1.54, 1.807) is 11.0 Å². The van der Waals surface area contributed by atoms with Crippen LogP contribution < -0.4 is 0 Å². The van der Waals surface area contributed by atoms with Gasteiger partial charge in [0.25, 0.3) is 0 Å². The van der Waals surface area contributed by atoms with Gasteiger partial charge in [0.15, 0.2) is 4.90 Å². The van der Waals surface area contributed by atoms with Crippen molar-refractivity contribution in [2.45, 2.75) is 31.6 Å². The molecule has 0 aliphatic carbocycles. The van der Waals surface area contributed by atoms with Crippen LogP contribution in [-0.2, 0) is 10.9 Å². The summed E-state index contributed by atoms with van der Waals surface area (Å²) in [4.78, 5) is 15.4. The van der Waals surface area contributed by atoms with E-state index in [9.17, 15) is 4.79 Å². The normalized spacial score (nSPS) is 13.5. The number of hydrogen-bond donors (Lipinski definition) is 1. The molecule has 1 aliphatic rings. The van der Waals surface area contributed by atoms with Gasteiger partial charge in [-0.25, -0.2) is 4.79 Å². The summed E-state index contributed by atoms with van der Waals surface area (Å²) in [5.41, 5.74) is 0.220. The average molecular weight is 375 g/mol. The molecule has 0 atom stereocenters. The van der Waals surface area contributed by atoms with E-state index in [0.717, 1.165) is 0 Å². The lowest BCUT2D eigenvalue weighted by atomic mass is 10.3. The lowest BCUT2D eigenvalue weighted by Crippen LogP contribution is -2.02. The van der Waals surface area contributed by atoms with Crippen LogP contribution in [0.25, 0.3) is 10.1 Å². The van der Waals surface area contributed by atoms with Gasteiger partial charge < -0.3 is 5.11 Å². The molecule has 1 saturated heterocycles. The highest BCUT2D eigenvalue weighted by atomic mass is 32.2. The summed E-state index contributed by atoms with van der Waals surface area (Å²) >= 11 is 1.91. The maximum atomic E-state index is 10.2. The largest absolute Gasteiger partial charge is 0.478 e. The van der Waals surface area contributed by atoms with Crippen molar-refractivity contribution >= 4 is 38.3 Å². The second kappa shape index (κ2) is 10.2. The molecular weight excluding hydrogens is 350 g/mol. The van der Waals surface area contributed by atoms with Crippen LogP contribution in [0.5, 0.6) is 0 Å². The van der Waals surface area contributed by atoms with Crippen molar-refractivity contribution in [3.8, 4) is 0 Å². The molecule has 1 N–H and O–H groups in total. The van der Waals surface area contributed by atoms with Crippen LogP contribution in [0, 0.1) is 0 Å². The van der Waals surface area contributed by atoms with Gasteiger partial charge in [0.1, 0.15) is 11.5 Å². The maximum Gasteiger partial charge on any atom is 0.337 e. The van der Waals surface area contributed by atoms with Gasteiger partial charge in [0.2, 0.25) is 0 Å². The summed E-state index contributed by atoms with van der Waals surface area (Å²) < 4.78 is 1.46. The fourth-order valence-electron chi connectivity index (χ4n) is 2.54. The van der Waals surface area contributed by atoms with E-state index in [0.29, 0.717) is 10.9 Å². The third-order valence-electron chi connectivity index (χ3n) is 3.70. The number of thiophene rings is 1. The Morgan fingerprint density at radius 2 is 1.84 bits per heavy atom. The van der Waals surface area contributed by atoms with E-state index in [1.807, 2.05) is 25.2 Å². The van der Waals surface area contributed by atoms with E-state index < -0.39 is 5.97 Å². The van der Waals surface area contributed by atoms with Crippen LogP contribution in [-0.4, -0.2) is 27.6 Å². The molecule has 2 aromatic heterocycles. The Morgan fingerprint density at radius 1 is 1.12 bits per heavy atom. The summed E-state index contributed by atoms with van der Waals surface area (Å²) in [5.74, 6) is 1.92.